The largest absolute Gasteiger partial charge is 0.326 e. The fourth-order valence-electron chi connectivity index (χ4n) is 2.99. The molecule has 0 fully saturated rings. The molecule has 0 saturated heterocycles. The van der Waals surface area contributed by atoms with E-state index < -0.39 is 12.1 Å². The zero-order valence-corrected chi connectivity index (χ0v) is 18.9. The number of hydrogen-bond acceptors (Lipinski definition) is 6. The molecular formula is C23H24N6O2S. The molecule has 3 aromatic rings. The molecule has 0 aliphatic heterocycles. The van der Waals surface area contributed by atoms with Crippen molar-refractivity contribution in [1.29, 1.82) is 5.26 Å². The average molecular weight is 449 g/mol. The Morgan fingerprint density at radius 3 is 2.53 bits per heavy atom. The van der Waals surface area contributed by atoms with E-state index in [2.05, 4.69) is 26.1 Å². The van der Waals surface area contributed by atoms with Gasteiger partial charge in [0.15, 0.2) is 0 Å². The number of carbonyl (C=O) groups excluding carboxylic acids is 2. The van der Waals surface area contributed by atoms with Crippen LogP contribution in [0.5, 0.6) is 0 Å². The van der Waals surface area contributed by atoms with Gasteiger partial charge in [-0.25, -0.2) is 4.79 Å². The van der Waals surface area contributed by atoms with Gasteiger partial charge in [0.05, 0.1) is 11.6 Å². The van der Waals surface area contributed by atoms with Crippen LogP contribution in [0.2, 0.25) is 0 Å². The molecule has 3 N–H and O–H groups in total. The van der Waals surface area contributed by atoms with Crippen molar-refractivity contribution in [2.75, 3.05) is 10.6 Å². The summed E-state index contributed by atoms with van der Waals surface area (Å²) in [6.07, 6.45) is 0.694. The summed E-state index contributed by atoms with van der Waals surface area (Å²) in [6.45, 7) is 5.84. The fourth-order valence-corrected chi connectivity index (χ4v) is 3.73. The van der Waals surface area contributed by atoms with Gasteiger partial charge in [0.2, 0.25) is 11.0 Å². The lowest BCUT2D eigenvalue weighted by molar-refractivity contribution is -0.119. The fraction of sp³-hybridized carbons (Fsp3) is 0.261. The van der Waals surface area contributed by atoms with Crippen LogP contribution in [-0.2, 0) is 4.79 Å². The van der Waals surface area contributed by atoms with Gasteiger partial charge in [-0.15, -0.1) is 10.2 Å². The van der Waals surface area contributed by atoms with E-state index in [-0.39, 0.29) is 11.8 Å². The van der Waals surface area contributed by atoms with Crippen LogP contribution in [0, 0.1) is 24.2 Å². The maximum absolute atomic E-state index is 12.9. The molecule has 1 aromatic heterocycles. The highest BCUT2D eigenvalue weighted by molar-refractivity contribution is 7.18. The number of rotatable bonds is 7. The molecular weight excluding hydrogens is 424 g/mol. The van der Waals surface area contributed by atoms with Gasteiger partial charge in [0, 0.05) is 11.3 Å². The lowest BCUT2D eigenvalue weighted by Gasteiger charge is -2.23. The zero-order valence-electron chi connectivity index (χ0n) is 18.0. The van der Waals surface area contributed by atoms with Crippen LogP contribution < -0.4 is 16.0 Å². The minimum Gasteiger partial charge on any atom is -0.326 e. The number of hydrogen-bond donors (Lipinski definition) is 3. The molecule has 0 unspecified atom stereocenters. The molecule has 3 rings (SSSR count). The van der Waals surface area contributed by atoms with E-state index in [1.807, 2.05) is 51.1 Å². The number of benzene rings is 2. The molecule has 1 heterocycles. The van der Waals surface area contributed by atoms with Crippen molar-refractivity contribution in [3.63, 3.8) is 0 Å². The van der Waals surface area contributed by atoms with Gasteiger partial charge in [-0.05, 0) is 43.2 Å². The number of urea groups is 1. The number of carbonyl (C=O) groups is 2. The lowest BCUT2D eigenvalue weighted by Crippen LogP contribution is -2.49. The third-order valence-corrected chi connectivity index (χ3v) is 5.86. The standard InChI is InChI=1S/C23H24N6O2S/c1-4-15(3)19(26-22(31)25-18-10-8-16(13-24)9-11-18)20(30)27-23-29-28-21(32-23)17-7-5-6-14(2)12-17/h5-12,15,19H,4H2,1-3H3,(H2,25,26,31)(H,27,29,30)/t15-,19-/m0/s1. The Labute approximate surface area is 190 Å². The van der Waals surface area contributed by atoms with Gasteiger partial charge in [0.25, 0.3) is 0 Å². The summed E-state index contributed by atoms with van der Waals surface area (Å²) >= 11 is 1.28. The Kier molecular flexibility index (Phi) is 7.52. The summed E-state index contributed by atoms with van der Waals surface area (Å²) in [7, 11) is 0. The van der Waals surface area contributed by atoms with Gasteiger partial charge in [-0.1, -0.05) is 55.4 Å². The van der Waals surface area contributed by atoms with E-state index in [4.69, 9.17) is 5.26 Å². The molecule has 0 spiro atoms. The third-order valence-electron chi connectivity index (χ3n) is 4.97. The van der Waals surface area contributed by atoms with Gasteiger partial charge < -0.3 is 10.6 Å². The second-order valence-corrected chi connectivity index (χ2v) is 8.40. The Morgan fingerprint density at radius 2 is 1.88 bits per heavy atom. The minimum atomic E-state index is -0.760. The normalized spacial score (nSPS) is 12.3. The molecule has 32 heavy (non-hydrogen) atoms. The van der Waals surface area contributed by atoms with Crippen LogP contribution in [0.15, 0.2) is 48.5 Å². The Hall–Kier alpha value is -3.77. The summed E-state index contributed by atoms with van der Waals surface area (Å²) in [4.78, 5) is 25.4. The first-order chi connectivity index (χ1) is 15.4. The molecule has 0 bridgehead atoms. The predicted octanol–water partition coefficient (Wildman–Crippen LogP) is 4.56. The molecule has 0 saturated carbocycles. The van der Waals surface area contributed by atoms with Crippen molar-refractivity contribution in [2.45, 2.75) is 33.2 Å². The number of nitrogens with one attached hydrogen (secondary N) is 3. The second-order valence-electron chi connectivity index (χ2n) is 7.42. The number of anilines is 2. The molecule has 3 amide bonds. The lowest BCUT2D eigenvalue weighted by atomic mass is 9.98. The first-order valence-electron chi connectivity index (χ1n) is 10.2. The Morgan fingerprint density at radius 1 is 1.12 bits per heavy atom. The summed E-state index contributed by atoms with van der Waals surface area (Å²) in [5.41, 5.74) is 3.06. The first-order valence-corrected chi connectivity index (χ1v) is 11.0. The van der Waals surface area contributed by atoms with E-state index in [1.54, 1.807) is 24.3 Å². The first kappa shape index (κ1) is 22.9. The van der Waals surface area contributed by atoms with Crippen LogP contribution in [0.1, 0.15) is 31.4 Å². The van der Waals surface area contributed by atoms with Gasteiger partial charge >= 0.3 is 6.03 Å². The molecule has 0 aliphatic rings. The van der Waals surface area contributed by atoms with Crippen LogP contribution in [0.4, 0.5) is 15.6 Å². The van der Waals surface area contributed by atoms with Crippen molar-refractivity contribution in [3.8, 4) is 16.6 Å². The topological polar surface area (TPSA) is 120 Å². The molecule has 0 radical (unpaired) electrons. The second kappa shape index (κ2) is 10.5. The van der Waals surface area contributed by atoms with Crippen LogP contribution in [0.25, 0.3) is 10.6 Å². The van der Waals surface area contributed by atoms with E-state index in [0.717, 1.165) is 11.1 Å². The van der Waals surface area contributed by atoms with Crippen molar-refractivity contribution in [3.05, 3.63) is 59.7 Å². The predicted molar refractivity (Wildman–Crippen MR) is 125 cm³/mol. The molecule has 0 aliphatic carbocycles. The summed E-state index contributed by atoms with van der Waals surface area (Å²) < 4.78 is 0. The molecule has 164 valence electrons. The van der Waals surface area contributed by atoms with E-state index in [1.165, 1.54) is 11.3 Å². The van der Waals surface area contributed by atoms with Crippen molar-refractivity contribution >= 4 is 34.1 Å². The monoisotopic (exact) mass is 448 g/mol. The van der Waals surface area contributed by atoms with E-state index in [9.17, 15) is 9.59 Å². The summed E-state index contributed by atoms with van der Waals surface area (Å²) in [5, 5.41) is 26.4. The number of amides is 3. The van der Waals surface area contributed by atoms with Gasteiger partial charge in [0.1, 0.15) is 11.0 Å². The van der Waals surface area contributed by atoms with E-state index >= 15 is 0 Å². The van der Waals surface area contributed by atoms with Crippen LogP contribution in [0.3, 0.4) is 0 Å². The van der Waals surface area contributed by atoms with Crippen molar-refractivity contribution < 1.29 is 9.59 Å². The number of aryl methyl sites for hydroxylation is 1. The average Bonchev–Trinajstić information content (AvgIpc) is 3.26. The maximum Gasteiger partial charge on any atom is 0.319 e. The van der Waals surface area contributed by atoms with Crippen LogP contribution in [-0.4, -0.2) is 28.2 Å². The van der Waals surface area contributed by atoms with Crippen molar-refractivity contribution in [2.24, 2.45) is 5.92 Å². The smallest absolute Gasteiger partial charge is 0.319 e. The summed E-state index contributed by atoms with van der Waals surface area (Å²) in [5.74, 6) is -0.466. The van der Waals surface area contributed by atoms with Gasteiger partial charge in [-0.3, -0.25) is 10.1 Å². The Bertz CT molecular complexity index is 1140. The molecule has 9 heteroatoms. The van der Waals surface area contributed by atoms with Crippen molar-refractivity contribution in [1.82, 2.24) is 15.5 Å². The highest BCUT2D eigenvalue weighted by atomic mass is 32.1. The third kappa shape index (κ3) is 5.89. The minimum absolute atomic E-state index is 0.106. The number of nitriles is 1. The zero-order chi connectivity index (χ0) is 23.1. The molecule has 8 nitrogen and oxygen atoms in total. The SMILES string of the molecule is CC[C@H](C)[C@H](NC(=O)Nc1ccc(C#N)cc1)C(=O)Nc1nnc(-c2cccc(C)c2)s1. The molecule has 2 aromatic carbocycles. The highest BCUT2D eigenvalue weighted by Gasteiger charge is 2.27. The van der Waals surface area contributed by atoms with Crippen LogP contribution >= 0.6 is 11.3 Å². The number of nitrogens with zero attached hydrogens (tertiary/aromatic N) is 3. The Balaban J connectivity index is 1.67. The quantitative estimate of drug-likeness (QED) is 0.489. The maximum atomic E-state index is 12.9. The number of aromatic nitrogens is 2. The highest BCUT2D eigenvalue weighted by Crippen LogP contribution is 2.27. The molecule has 2 atom stereocenters. The van der Waals surface area contributed by atoms with E-state index in [0.29, 0.717) is 27.8 Å². The summed E-state index contributed by atoms with van der Waals surface area (Å²) in [6, 6.07) is 15.1. The van der Waals surface area contributed by atoms with Gasteiger partial charge in [-0.2, -0.15) is 5.26 Å².